The molecule has 2 heterocycles. The van der Waals surface area contributed by atoms with Crippen LogP contribution in [0.5, 0.6) is 0 Å². The van der Waals surface area contributed by atoms with Crippen LogP contribution in [0.15, 0.2) is 48.7 Å². The SMILES string of the molecule is CN(c1ccccn1)C1CCN(Cc2ccccc2F)CC1. The molecule has 0 radical (unpaired) electrons. The van der Waals surface area contributed by atoms with E-state index in [-0.39, 0.29) is 5.82 Å². The Bertz CT molecular complexity index is 594. The first-order chi connectivity index (χ1) is 10.7. The normalized spacial score (nSPS) is 16.6. The summed E-state index contributed by atoms with van der Waals surface area (Å²) in [5, 5.41) is 0. The van der Waals surface area contributed by atoms with Gasteiger partial charge in [-0.25, -0.2) is 9.37 Å². The molecule has 1 saturated heterocycles. The van der Waals surface area contributed by atoms with Crippen LogP contribution >= 0.6 is 0 Å². The number of halogens is 1. The van der Waals surface area contributed by atoms with Gasteiger partial charge in [-0.1, -0.05) is 24.3 Å². The quantitative estimate of drug-likeness (QED) is 0.863. The van der Waals surface area contributed by atoms with Crippen LogP contribution in [-0.2, 0) is 6.54 Å². The predicted molar refractivity (Wildman–Crippen MR) is 87.3 cm³/mol. The molecule has 0 aliphatic carbocycles. The van der Waals surface area contributed by atoms with Crippen LogP contribution in [0.2, 0.25) is 0 Å². The summed E-state index contributed by atoms with van der Waals surface area (Å²) >= 11 is 0. The largest absolute Gasteiger partial charge is 0.357 e. The molecule has 4 heteroatoms. The molecule has 116 valence electrons. The first-order valence-electron chi connectivity index (χ1n) is 7.83. The van der Waals surface area contributed by atoms with Gasteiger partial charge < -0.3 is 4.90 Å². The molecule has 2 aromatic rings. The lowest BCUT2D eigenvalue weighted by Crippen LogP contribution is -2.43. The summed E-state index contributed by atoms with van der Waals surface area (Å²) in [4.78, 5) is 9.01. The fourth-order valence-electron chi connectivity index (χ4n) is 3.08. The van der Waals surface area contributed by atoms with Gasteiger partial charge in [-0.05, 0) is 31.0 Å². The molecule has 3 rings (SSSR count). The summed E-state index contributed by atoms with van der Waals surface area (Å²) in [5.41, 5.74) is 0.791. The maximum Gasteiger partial charge on any atom is 0.128 e. The van der Waals surface area contributed by atoms with Gasteiger partial charge in [0, 0.05) is 44.5 Å². The van der Waals surface area contributed by atoms with Crippen LogP contribution in [-0.4, -0.2) is 36.1 Å². The van der Waals surface area contributed by atoms with E-state index in [1.54, 1.807) is 6.07 Å². The zero-order valence-corrected chi connectivity index (χ0v) is 13.0. The third-order valence-electron chi connectivity index (χ3n) is 4.47. The molecule has 0 bridgehead atoms. The number of benzene rings is 1. The van der Waals surface area contributed by atoms with Gasteiger partial charge in [-0.3, -0.25) is 4.90 Å². The summed E-state index contributed by atoms with van der Waals surface area (Å²) in [5.74, 6) is 0.922. The second-order valence-electron chi connectivity index (χ2n) is 5.90. The van der Waals surface area contributed by atoms with E-state index in [2.05, 4.69) is 21.8 Å². The molecule has 0 N–H and O–H groups in total. The Balaban J connectivity index is 1.55. The lowest BCUT2D eigenvalue weighted by atomic mass is 10.0. The van der Waals surface area contributed by atoms with Crippen LogP contribution in [0.1, 0.15) is 18.4 Å². The van der Waals surface area contributed by atoms with Gasteiger partial charge >= 0.3 is 0 Å². The average Bonchev–Trinajstić information content (AvgIpc) is 2.58. The highest BCUT2D eigenvalue weighted by atomic mass is 19.1. The van der Waals surface area contributed by atoms with Gasteiger partial charge in [0.15, 0.2) is 0 Å². The lowest BCUT2D eigenvalue weighted by molar-refractivity contribution is 0.201. The van der Waals surface area contributed by atoms with E-state index in [4.69, 9.17) is 0 Å². The van der Waals surface area contributed by atoms with E-state index in [0.29, 0.717) is 12.6 Å². The molecule has 0 atom stereocenters. The van der Waals surface area contributed by atoms with E-state index in [1.807, 2.05) is 36.5 Å². The van der Waals surface area contributed by atoms with Crippen LogP contribution in [0.4, 0.5) is 10.2 Å². The number of anilines is 1. The highest BCUT2D eigenvalue weighted by Gasteiger charge is 2.23. The molecular weight excluding hydrogens is 277 g/mol. The Labute approximate surface area is 131 Å². The van der Waals surface area contributed by atoms with E-state index in [9.17, 15) is 4.39 Å². The van der Waals surface area contributed by atoms with Crippen molar-refractivity contribution in [2.24, 2.45) is 0 Å². The van der Waals surface area contributed by atoms with Crippen molar-refractivity contribution in [1.82, 2.24) is 9.88 Å². The van der Waals surface area contributed by atoms with E-state index < -0.39 is 0 Å². The third-order valence-corrected chi connectivity index (χ3v) is 4.47. The van der Waals surface area contributed by atoms with Gasteiger partial charge in [0.2, 0.25) is 0 Å². The molecule has 1 aromatic heterocycles. The molecule has 3 nitrogen and oxygen atoms in total. The molecular formula is C18H22FN3. The first kappa shape index (κ1) is 15.0. The van der Waals surface area contributed by atoms with Gasteiger partial charge in [0.25, 0.3) is 0 Å². The fourth-order valence-corrected chi connectivity index (χ4v) is 3.08. The molecule has 0 saturated carbocycles. The Morgan fingerprint density at radius 2 is 1.86 bits per heavy atom. The van der Waals surface area contributed by atoms with Gasteiger partial charge in [0.1, 0.15) is 11.6 Å². The Kier molecular flexibility index (Phi) is 4.68. The van der Waals surface area contributed by atoms with E-state index in [0.717, 1.165) is 37.3 Å². The monoisotopic (exact) mass is 299 g/mol. The van der Waals surface area contributed by atoms with Crippen molar-refractivity contribution < 1.29 is 4.39 Å². The number of piperidine rings is 1. The Morgan fingerprint density at radius 3 is 2.55 bits per heavy atom. The molecule has 0 amide bonds. The Morgan fingerprint density at radius 1 is 1.14 bits per heavy atom. The number of pyridine rings is 1. The molecule has 1 fully saturated rings. The maximum absolute atomic E-state index is 13.7. The van der Waals surface area contributed by atoms with Gasteiger partial charge in [-0.2, -0.15) is 0 Å². The van der Waals surface area contributed by atoms with Crippen molar-refractivity contribution >= 4 is 5.82 Å². The van der Waals surface area contributed by atoms with Crippen LogP contribution in [0, 0.1) is 5.82 Å². The first-order valence-corrected chi connectivity index (χ1v) is 7.83. The summed E-state index contributed by atoms with van der Waals surface area (Å²) in [6, 6.07) is 13.6. The van der Waals surface area contributed by atoms with Gasteiger partial charge in [0.05, 0.1) is 0 Å². The highest BCUT2D eigenvalue weighted by Crippen LogP contribution is 2.21. The van der Waals surface area contributed by atoms with Crippen molar-refractivity contribution in [3.8, 4) is 0 Å². The minimum atomic E-state index is -0.102. The molecule has 0 unspecified atom stereocenters. The van der Waals surface area contributed by atoms with Crippen molar-refractivity contribution in [1.29, 1.82) is 0 Å². The molecule has 22 heavy (non-hydrogen) atoms. The summed E-state index contributed by atoms with van der Waals surface area (Å²) in [6.45, 7) is 2.69. The van der Waals surface area contributed by atoms with Crippen LogP contribution < -0.4 is 4.90 Å². The molecule has 1 aromatic carbocycles. The minimum absolute atomic E-state index is 0.102. The van der Waals surface area contributed by atoms with Crippen molar-refractivity contribution in [2.45, 2.75) is 25.4 Å². The number of hydrogen-bond donors (Lipinski definition) is 0. The molecule has 0 spiro atoms. The van der Waals surface area contributed by atoms with E-state index in [1.165, 1.54) is 6.07 Å². The highest BCUT2D eigenvalue weighted by molar-refractivity contribution is 5.38. The summed E-state index contributed by atoms with van der Waals surface area (Å²) in [7, 11) is 2.11. The second-order valence-corrected chi connectivity index (χ2v) is 5.90. The third kappa shape index (κ3) is 3.45. The number of likely N-dealkylation sites (tertiary alicyclic amines) is 1. The standard InChI is InChI=1S/C18H22FN3/c1-21(18-8-4-5-11-20-18)16-9-12-22(13-10-16)14-15-6-2-3-7-17(15)19/h2-8,11,16H,9-10,12-14H2,1H3. The average molecular weight is 299 g/mol. The zero-order valence-electron chi connectivity index (χ0n) is 13.0. The van der Waals surface area contributed by atoms with Crippen molar-refractivity contribution in [3.63, 3.8) is 0 Å². The van der Waals surface area contributed by atoms with E-state index >= 15 is 0 Å². The predicted octanol–water partition coefficient (Wildman–Crippen LogP) is 3.32. The number of rotatable bonds is 4. The minimum Gasteiger partial charge on any atom is -0.357 e. The topological polar surface area (TPSA) is 19.4 Å². The van der Waals surface area contributed by atoms with Crippen LogP contribution in [0.25, 0.3) is 0 Å². The Hall–Kier alpha value is -1.94. The maximum atomic E-state index is 13.7. The fraction of sp³-hybridized carbons (Fsp3) is 0.389. The molecule has 1 aliphatic rings. The smallest absolute Gasteiger partial charge is 0.128 e. The second kappa shape index (κ2) is 6.88. The van der Waals surface area contributed by atoms with Crippen molar-refractivity contribution in [2.75, 3.05) is 25.0 Å². The zero-order chi connectivity index (χ0) is 15.4. The summed E-state index contributed by atoms with van der Waals surface area (Å²) in [6.07, 6.45) is 4.00. The molecule has 1 aliphatic heterocycles. The summed E-state index contributed by atoms with van der Waals surface area (Å²) < 4.78 is 13.7. The number of hydrogen-bond acceptors (Lipinski definition) is 3. The lowest BCUT2D eigenvalue weighted by Gasteiger charge is -2.37. The van der Waals surface area contributed by atoms with Crippen LogP contribution in [0.3, 0.4) is 0 Å². The van der Waals surface area contributed by atoms with Crippen molar-refractivity contribution in [3.05, 3.63) is 60.0 Å². The van der Waals surface area contributed by atoms with Gasteiger partial charge in [-0.15, -0.1) is 0 Å². The number of nitrogens with zero attached hydrogens (tertiary/aromatic N) is 3. The number of aromatic nitrogens is 1.